The molecule has 108 valence electrons. The standard InChI is InChI=1S/C12H12F3N3O2/c13-12(14,15)10(19)5-18-11(20)8-4-17-9-2-1-6(16)3-7(8)9/h1-4,10,17,19H,5,16H2,(H,18,20). The van der Waals surface area contributed by atoms with Crippen LogP contribution >= 0.6 is 0 Å². The van der Waals surface area contributed by atoms with E-state index < -0.39 is 24.7 Å². The second-order valence-corrected chi connectivity index (χ2v) is 4.27. The lowest BCUT2D eigenvalue weighted by Crippen LogP contribution is -2.40. The Balaban J connectivity index is 2.14. The van der Waals surface area contributed by atoms with Crippen LogP contribution in [0.4, 0.5) is 18.9 Å². The van der Waals surface area contributed by atoms with Gasteiger partial charge in [0.2, 0.25) is 0 Å². The number of H-pyrrole nitrogens is 1. The van der Waals surface area contributed by atoms with E-state index in [1.807, 2.05) is 5.32 Å². The monoisotopic (exact) mass is 287 g/mol. The maximum absolute atomic E-state index is 12.1. The summed E-state index contributed by atoms with van der Waals surface area (Å²) in [5.74, 6) is -0.717. The van der Waals surface area contributed by atoms with Gasteiger partial charge in [0.25, 0.3) is 5.91 Å². The summed E-state index contributed by atoms with van der Waals surface area (Å²) in [6.07, 6.45) is -5.99. The number of anilines is 1. The van der Waals surface area contributed by atoms with Crippen molar-refractivity contribution in [1.29, 1.82) is 0 Å². The molecule has 0 aliphatic rings. The summed E-state index contributed by atoms with van der Waals surface area (Å²) in [7, 11) is 0. The number of aromatic nitrogens is 1. The van der Waals surface area contributed by atoms with Crippen LogP contribution in [0.5, 0.6) is 0 Å². The lowest BCUT2D eigenvalue weighted by Gasteiger charge is -2.14. The molecule has 1 aromatic carbocycles. The van der Waals surface area contributed by atoms with Crippen LogP contribution in [-0.2, 0) is 0 Å². The highest BCUT2D eigenvalue weighted by Crippen LogP contribution is 2.22. The molecule has 2 aromatic rings. The molecule has 0 aliphatic carbocycles. The summed E-state index contributed by atoms with van der Waals surface area (Å²) in [6, 6.07) is 4.83. The normalized spacial score (nSPS) is 13.4. The molecule has 0 fully saturated rings. The molecule has 1 aromatic heterocycles. The number of nitrogens with two attached hydrogens (primary N) is 1. The number of amides is 1. The molecule has 1 heterocycles. The van der Waals surface area contributed by atoms with E-state index in [9.17, 15) is 18.0 Å². The fourth-order valence-electron chi connectivity index (χ4n) is 1.73. The lowest BCUT2D eigenvalue weighted by atomic mass is 10.1. The van der Waals surface area contributed by atoms with Gasteiger partial charge in [0, 0.05) is 22.8 Å². The Kier molecular flexibility index (Phi) is 3.58. The second-order valence-electron chi connectivity index (χ2n) is 4.27. The number of aliphatic hydroxyl groups is 1. The predicted octanol–water partition coefficient (Wildman–Crippen LogP) is 1.40. The molecule has 0 bridgehead atoms. The van der Waals surface area contributed by atoms with Gasteiger partial charge in [0.05, 0.1) is 12.1 Å². The fourth-order valence-corrected chi connectivity index (χ4v) is 1.73. The molecule has 0 aliphatic heterocycles. The Morgan fingerprint density at radius 3 is 2.80 bits per heavy atom. The summed E-state index contributed by atoms with van der Waals surface area (Å²) in [6.45, 7) is -0.905. The Hall–Kier alpha value is -2.22. The molecule has 0 saturated heterocycles. The Bertz CT molecular complexity index is 636. The SMILES string of the molecule is Nc1ccc2[nH]cc(C(=O)NCC(O)C(F)(F)F)c2c1. The number of carbonyl (C=O) groups excluding carboxylic acids is 1. The zero-order valence-corrected chi connectivity index (χ0v) is 10.2. The summed E-state index contributed by atoms with van der Waals surface area (Å²) in [4.78, 5) is 14.6. The summed E-state index contributed by atoms with van der Waals surface area (Å²) in [5, 5.41) is 11.4. The van der Waals surface area contributed by atoms with Gasteiger partial charge in [-0.2, -0.15) is 13.2 Å². The first-order valence-corrected chi connectivity index (χ1v) is 5.68. The molecule has 20 heavy (non-hydrogen) atoms. The van der Waals surface area contributed by atoms with Gasteiger partial charge in [-0.05, 0) is 18.2 Å². The molecule has 1 amide bonds. The number of rotatable bonds is 3. The van der Waals surface area contributed by atoms with Crippen LogP contribution in [0.15, 0.2) is 24.4 Å². The van der Waals surface area contributed by atoms with Gasteiger partial charge < -0.3 is 21.1 Å². The van der Waals surface area contributed by atoms with Crippen LogP contribution in [0.2, 0.25) is 0 Å². The van der Waals surface area contributed by atoms with Crippen molar-refractivity contribution in [1.82, 2.24) is 10.3 Å². The average Bonchev–Trinajstić information content (AvgIpc) is 2.77. The fraction of sp³-hybridized carbons (Fsp3) is 0.250. The second kappa shape index (κ2) is 5.04. The molecule has 5 N–H and O–H groups in total. The van der Waals surface area contributed by atoms with E-state index in [1.54, 1.807) is 18.2 Å². The minimum atomic E-state index is -4.77. The summed E-state index contributed by atoms with van der Waals surface area (Å²) in [5.41, 5.74) is 6.84. The van der Waals surface area contributed by atoms with Gasteiger partial charge in [-0.3, -0.25) is 4.79 Å². The number of aliphatic hydroxyl groups excluding tert-OH is 1. The number of halogens is 3. The first-order chi connectivity index (χ1) is 9.29. The number of hydrogen-bond acceptors (Lipinski definition) is 3. The average molecular weight is 287 g/mol. The first kappa shape index (κ1) is 14.2. The van der Waals surface area contributed by atoms with Gasteiger partial charge in [-0.1, -0.05) is 0 Å². The van der Waals surface area contributed by atoms with E-state index in [1.165, 1.54) is 6.20 Å². The van der Waals surface area contributed by atoms with Gasteiger partial charge >= 0.3 is 6.18 Å². The van der Waals surface area contributed by atoms with E-state index in [-0.39, 0.29) is 5.56 Å². The third-order valence-electron chi connectivity index (χ3n) is 2.78. The molecule has 2 rings (SSSR count). The van der Waals surface area contributed by atoms with Crippen molar-refractivity contribution in [3.8, 4) is 0 Å². The minimum absolute atomic E-state index is 0.168. The number of nitrogens with one attached hydrogen (secondary N) is 2. The highest BCUT2D eigenvalue weighted by atomic mass is 19.4. The van der Waals surface area contributed by atoms with Crippen LogP contribution < -0.4 is 11.1 Å². The number of fused-ring (bicyclic) bond motifs is 1. The van der Waals surface area contributed by atoms with Crippen LogP contribution in [0, 0.1) is 0 Å². The van der Waals surface area contributed by atoms with Crippen molar-refractivity contribution >= 4 is 22.5 Å². The first-order valence-electron chi connectivity index (χ1n) is 5.68. The van der Waals surface area contributed by atoms with Crippen molar-refractivity contribution in [3.05, 3.63) is 30.0 Å². The van der Waals surface area contributed by atoms with Crippen LogP contribution in [0.25, 0.3) is 10.9 Å². The van der Waals surface area contributed by atoms with Gasteiger partial charge in [0.15, 0.2) is 6.10 Å². The molecule has 0 saturated carbocycles. The van der Waals surface area contributed by atoms with E-state index >= 15 is 0 Å². The topological polar surface area (TPSA) is 91.1 Å². The molecule has 5 nitrogen and oxygen atoms in total. The van der Waals surface area contributed by atoms with E-state index in [2.05, 4.69) is 4.98 Å². The molecular formula is C12H12F3N3O2. The summed E-state index contributed by atoms with van der Waals surface area (Å²) >= 11 is 0. The van der Waals surface area contributed by atoms with Crippen LogP contribution in [-0.4, -0.2) is 34.8 Å². The number of aromatic amines is 1. The number of nitrogen functional groups attached to an aromatic ring is 1. The Morgan fingerprint density at radius 1 is 1.45 bits per heavy atom. The van der Waals surface area contributed by atoms with Gasteiger partial charge in [0.1, 0.15) is 0 Å². The number of benzene rings is 1. The third-order valence-corrected chi connectivity index (χ3v) is 2.78. The Labute approximate surface area is 111 Å². The highest BCUT2D eigenvalue weighted by Gasteiger charge is 2.38. The van der Waals surface area contributed by atoms with Crippen molar-refractivity contribution in [3.63, 3.8) is 0 Å². The van der Waals surface area contributed by atoms with Gasteiger partial charge in [-0.25, -0.2) is 0 Å². The minimum Gasteiger partial charge on any atom is -0.399 e. The maximum Gasteiger partial charge on any atom is 0.416 e. The highest BCUT2D eigenvalue weighted by molar-refractivity contribution is 6.07. The number of alkyl halides is 3. The zero-order chi connectivity index (χ0) is 14.9. The lowest BCUT2D eigenvalue weighted by molar-refractivity contribution is -0.201. The molecule has 1 atom stereocenters. The van der Waals surface area contributed by atoms with Crippen molar-refractivity contribution in [2.45, 2.75) is 12.3 Å². The summed E-state index contributed by atoms with van der Waals surface area (Å²) < 4.78 is 36.4. The Morgan fingerprint density at radius 2 is 2.15 bits per heavy atom. The van der Waals surface area contributed by atoms with Crippen molar-refractivity contribution in [2.24, 2.45) is 0 Å². The zero-order valence-electron chi connectivity index (χ0n) is 10.2. The smallest absolute Gasteiger partial charge is 0.399 e. The maximum atomic E-state index is 12.1. The third kappa shape index (κ3) is 2.85. The molecule has 0 radical (unpaired) electrons. The van der Waals surface area contributed by atoms with E-state index in [0.717, 1.165) is 0 Å². The quantitative estimate of drug-likeness (QED) is 0.643. The van der Waals surface area contributed by atoms with Crippen LogP contribution in [0.3, 0.4) is 0 Å². The van der Waals surface area contributed by atoms with Crippen molar-refractivity contribution in [2.75, 3.05) is 12.3 Å². The largest absolute Gasteiger partial charge is 0.416 e. The van der Waals surface area contributed by atoms with E-state index in [4.69, 9.17) is 10.8 Å². The molecule has 0 spiro atoms. The van der Waals surface area contributed by atoms with Crippen molar-refractivity contribution < 1.29 is 23.1 Å². The molecule has 8 heteroatoms. The number of hydrogen-bond donors (Lipinski definition) is 4. The molecular weight excluding hydrogens is 275 g/mol. The van der Waals surface area contributed by atoms with Gasteiger partial charge in [-0.15, -0.1) is 0 Å². The number of carbonyl (C=O) groups is 1. The van der Waals surface area contributed by atoms with Crippen LogP contribution in [0.1, 0.15) is 10.4 Å². The predicted molar refractivity (Wildman–Crippen MR) is 67.1 cm³/mol. The van der Waals surface area contributed by atoms with E-state index in [0.29, 0.717) is 16.6 Å². The molecule has 1 unspecified atom stereocenters.